The molecule has 1 aromatic rings. The van der Waals surface area contributed by atoms with Gasteiger partial charge in [-0.05, 0) is 36.1 Å². The van der Waals surface area contributed by atoms with Crippen LogP contribution >= 0.6 is 15.9 Å². The summed E-state index contributed by atoms with van der Waals surface area (Å²) < 4.78 is 1.08. The topological polar surface area (TPSA) is 58.9 Å². The Labute approximate surface area is 107 Å². The lowest BCUT2D eigenvalue weighted by Gasteiger charge is -2.17. The van der Waals surface area contributed by atoms with Crippen molar-refractivity contribution in [1.82, 2.24) is 0 Å². The predicted molar refractivity (Wildman–Crippen MR) is 67.2 cm³/mol. The number of oxime groups is 1. The van der Waals surface area contributed by atoms with Crippen LogP contribution < -0.4 is 0 Å². The molecule has 4 nitrogen and oxygen atoms in total. The van der Waals surface area contributed by atoms with Crippen molar-refractivity contribution in [3.05, 3.63) is 33.8 Å². The van der Waals surface area contributed by atoms with E-state index >= 15 is 0 Å². The van der Waals surface area contributed by atoms with Crippen LogP contribution in [0.25, 0.3) is 0 Å². The Morgan fingerprint density at radius 2 is 2.24 bits per heavy atom. The van der Waals surface area contributed by atoms with Crippen LogP contribution in [0.5, 0.6) is 0 Å². The van der Waals surface area contributed by atoms with E-state index in [1.165, 1.54) is 11.1 Å². The van der Waals surface area contributed by atoms with E-state index in [0.717, 1.165) is 29.4 Å². The molecule has 0 saturated heterocycles. The minimum Gasteiger partial charge on any atom is -0.479 e. The predicted octanol–water partition coefficient (Wildman–Crippen LogP) is 2.40. The molecule has 1 aliphatic rings. The van der Waals surface area contributed by atoms with Crippen molar-refractivity contribution >= 4 is 27.6 Å². The lowest BCUT2D eigenvalue weighted by molar-refractivity contribution is -0.142. The zero-order valence-corrected chi connectivity index (χ0v) is 10.7. The van der Waals surface area contributed by atoms with E-state index in [-0.39, 0.29) is 6.61 Å². The van der Waals surface area contributed by atoms with E-state index in [1.807, 2.05) is 6.07 Å². The van der Waals surface area contributed by atoms with Crippen molar-refractivity contribution in [3.8, 4) is 0 Å². The molecule has 1 aliphatic carbocycles. The molecule has 0 heterocycles. The zero-order valence-electron chi connectivity index (χ0n) is 9.15. The van der Waals surface area contributed by atoms with Crippen molar-refractivity contribution in [3.63, 3.8) is 0 Å². The van der Waals surface area contributed by atoms with Gasteiger partial charge in [-0.3, -0.25) is 0 Å². The Kier molecular flexibility index (Phi) is 3.78. The lowest BCUT2D eigenvalue weighted by atomic mass is 9.90. The molecule has 0 spiro atoms. The first-order chi connectivity index (χ1) is 8.15. The molecule has 0 radical (unpaired) electrons. The number of hydrogen-bond acceptors (Lipinski definition) is 3. The highest BCUT2D eigenvalue weighted by Crippen LogP contribution is 2.23. The molecule has 90 valence electrons. The molecular formula is C12H12BrNO3. The number of hydrogen-bond donors (Lipinski definition) is 1. The Balaban J connectivity index is 2.03. The number of rotatable bonds is 3. The largest absolute Gasteiger partial charge is 0.479 e. The van der Waals surface area contributed by atoms with E-state index in [1.54, 1.807) is 0 Å². The molecule has 2 rings (SSSR count). The maximum absolute atomic E-state index is 10.3. The SMILES string of the molecule is O=C(O)CON=C1CCc2cc(Br)ccc2C1. The first-order valence-corrected chi connectivity index (χ1v) is 6.11. The molecule has 0 atom stereocenters. The van der Waals surface area contributed by atoms with Crippen molar-refractivity contribution in [1.29, 1.82) is 0 Å². The van der Waals surface area contributed by atoms with Crippen LogP contribution in [0.1, 0.15) is 17.5 Å². The van der Waals surface area contributed by atoms with Gasteiger partial charge in [-0.1, -0.05) is 27.2 Å². The molecule has 0 bridgehead atoms. The number of carbonyl (C=O) groups is 1. The highest BCUT2D eigenvalue weighted by molar-refractivity contribution is 9.10. The van der Waals surface area contributed by atoms with E-state index in [0.29, 0.717) is 0 Å². The number of halogens is 1. The highest BCUT2D eigenvalue weighted by atomic mass is 79.9. The first kappa shape index (κ1) is 12.1. The Bertz CT molecular complexity index is 471. The van der Waals surface area contributed by atoms with Crippen LogP contribution in [0.4, 0.5) is 0 Å². The van der Waals surface area contributed by atoms with Crippen molar-refractivity contribution in [2.75, 3.05) is 6.61 Å². The second kappa shape index (κ2) is 5.31. The molecule has 0 unspecified atom stereocenters. The van der Waals surface area contributed by atoms with Gasteiger partial charge in [0.05, 0.1) is 5.71 Å². The molecule has 0 saturated carbocycles. The van der Waals surface area contributed by atoms with Crippen LogP contribution in [0.15, 0.2) is 27.8 Å². The maximum Gasteiger partial charge on any atom is 0.344 e. The third kappa shape index (κ3) is 3.30. The van der Waals surface area contributed by atoms with Gasteiger partial charge >= 0.3 is 5.97 Å². The summed E-state index contributed by atoms with van der Waals surface area (Å²) in [6, 6.07) is 6.18. The smallest absolute Gasteiger partial charge is 0.344 e. The average molecular weight is 298 g/mol. The summed E-state index contributed by atoms with van der Waals surface area (Å²) in [5.41, 5.74) is 3.45. The zero-order chi connectivity index (χ0) is 12.3. The molecule has 0 aliphatic heterocycles. The normalized spacial score (nSPS) is 16.6. The maximum atomic E-state index is 10.3. The minimum absolute atomic E-state index is 0.378. The summed E-state index contributed by atoms with van der Waals surface area (Å²) in [5.74, 6) is -1.01. The molecular weight excluding hydrogens is 286 g/mol. The standard InChI is InChI=1S/C12H12BrNO3/c13-10-3-1-9-6-11(4-2-8(9)5-10)14-17-7-12(15)16/h1,3,5H,2,4,6-7H2,(H,15,16). The summed E-state index contributed by atoms with van der Waals surface area (Å²) in [7, 11) is 0. The number of carboxylic acid groups (broad SMARTS) is 1. The molecule has 0 amide bonds. The number of aryl methyl sites for hydroxylation is 1. The van der Waals surface area contributed by atoms with Gasteiger partial charge < -0.3 is 9.94 Å². The summed E-state index contributed by atoms with van der Waals surface area (Å²) in [6.45, 7) is -0.378. The number of fused-ring (bicyclic) bond motifs is 1. The second-order valence-electron chi connectivity index (χ2n) is 3.91. The molecule has 1 N–H and O–H groups in total. The van der Waals surface area contributed by atoms with Crippen LogP contribution in [-0.2, 0) is 22.5 Å². The van der Waals surface area contributed by atoms with Gasteiger partial charge in [-0.2, -0.15) is 0 Å². The van der Waals surface area contributed by atoms with Crippen molar-refractivity contribution in [2.45, 2.75) is 19.3 Å². The van der Waals surface area contributed by atoms with Crippen LogP contribution in [0, 0.1) is 0 Å². The second-order valence-corrected chi connectivity index (χ2v) is 4.83. The monoisotopic (exact) mass is 297 g/mol. The summed E-state index contributed by atoms with van der Waals surface area (Å²) in [4.78, 5) is 15.0. The van der Waals surface area contributed by atoms with Gasteiger partial charge in [0, 0.05) is 10.9 Å². The number of benzene rings is 1. The highest BCUT2D eigenvalue weighted by Gasteiger charge is 2.14. The minimum atomic E-state index is -1.01. The molecule has 17 heavy (non-hydrogen) atoms. The lowest BCUT2D eigenvalue weighted by Crippen LogP contribution is -2.15. The van der Waals surface area contributed by atoms with E-state index < -0.39 is 5.97 Å². The fourth-order valence-corrected chi connectivity index (χ4v) is 2.25. The van der Waals surface area contributed by atoms with Gasteiger partial charge in [0.2, 0.25) is 6.61 Å². The average Bonchev–Trinajstić information content (AvgIpc) is 2.29. The summed E-state index contributed by atoms with van der Waals surface area (Å²) in [5, 5.41) is 12.3. The fourth-order valence-electron chi connectivity index (χ4n) is 1.84. The Hall–Kier alpha value is -1.36. The third-order valence-corrected chi connectivity index (χ3v) is 3.12. The number of aliphatic carboxylic acids is 1. The number of nitrogens with zero attached hydrogens (tertiary/aromatic N) is 1. The summed E-state index contributed by atoms with van der Waals surface area (Å²) >= 11 is 3.44. The fraction of sp³-hybridized carbons (Fsp3) is 0.333. The quantitative estimate of drug-likeness (QED) is 0.872. The van der Waals surface area contributed by atoms with Crippen LogP contribution in [0.3, 0.4) is 0 Å². The van der Waals surface area contributed by atoms with Gasteiger partial charge in [-0.25, -0.2) is 4.79 Å². The van der Waals surface area contributed by atoms with Crippen molar-refractivity contribution in [2.24, 2.45) is 5.16 Å². The molecule has 0 fully saturated rings. The van der Waals surface area contributed by atoms with E-state index in [9.17, 15) is 4.79 Å². The van der Waals surface area contributed by atoms with Gasteiger partial charge in [-0.15, -0.1) is 0 Å². The van der Waals surface area contributed by atoms with Crippen molar-refractivity contribution < 1.29 is 14.7 Å². The Morgan fingerprint density at radius 1 is 1.41 bits per heavy atom. The Morgan fingerprint density at radius 3 is 3.00 bits per heavy atom. The van der Waals surface area contributed by atoms with Gasteiger partial charge in [0.25, 0.3) is 0 Å². The first-order valence-electron chi connectivity index (χ1n) is 5.32. The third-order valence-electron chi connectivity index (χ3n) is 2.63. The molecule has 0 aromatic heterocycles. The van der Waals surface area contributed by atoms with E-state index in [4.69, 9.17) is 9.94 Å². The van der Waals surface area contributed by atoms with Crippen LogP contribution in [-0.4, -0.2) is 23.4 Å². The van der Waals surface area contributed by atoms with Gasteiger partial charge in [0.1, 0.15) is 0 Å². The van der Waals surface area contributed by atoms with Crippen LogP contribution in [0.2, 0.25) is 0 Å². The van der Waals surface area contributed by atoms with E-state index in [2.05, 4.69) is 33.2 Å². The number of carboxylic acids is 1. The summed E-state index contributed by atoms with van der Waals surface area (Å²) in [6.07, 6.45) is 2.48. The van der Waals surface area contributed by atoms with Gasteiger partial charge in [0.15, 0.2) is 0 Å². The molecule has 1 aromatic carbocycles. The molecule has 5 heteroatoms.